The third-order valence-electron chi connectivity index (χ3n) is 4.77. The Kier molecular flexibility index (Phi) is 3.76. The maximum absolute atomic E-state index is 12.3. The van der Waals surface area contributed by atoms with Crippen molar-refractivity contribution in [3.63, 3.8) is 0 Å². The SMILES string of the molecule is CCCS(=O)(=O)c1ccccc1NC1CC2CCC1C2. The zero-order chi connectivity index (χ0) is 14.2. The number of para-hydroxylation sites is 1. The number of fused-ring (bicyclic) bond motifs is 2. The highest BCUT2D eigenvalue weighted by molar-refractivity contribution is 7.91. The summed E-state index contributed by atoms with van der Waals surface area (Å²) in [5.74, 6) is 1.82. The average molecular weight is 293 g/mol. The van der Waals surface area contributed by atoms with Crippen LogP contribution in [0.2, 0.25) is 0 Å². The van der Waals surface area contributed by atoms with Crippen LogP contribution >= 0.6 is 0 Å². The lowest BCUT2D eigenvalue weighted by molar-refractivity contribution is 0.439. The first-order chi connectivity index (χ1) is 9.60. The van der Waals surface area contributed by atoms with Crippen LogP contribution in [0, 0.1) is 11.8 Å². The zero-order valence-corrected chi connectivity index (χ0v) is 12.8. The number of rotatable bonds is 5. The molecule has 2 saturated carbocycles. The summed E-state index contributed by atoms with van der Waals surface area (Å²) in [4.78, 5) is 0.477. The zero-order valence-electron chi connectivity index (χ0n) is 12.0. The Morgan fingerprint density at radius 2 is 2.00 bits per heavy atom. The van der Waals surface area contributed by atoms with Gasteiger partial charge in [-0.1, -0.05) is 25.5 Å². The first kappa shape index (κ1) is 13.9. The molecule has 4 heteroatoms. The molecular weight excluding hydrogens is 270 g/mol. The third kappa shape index (κ3) is 2.58. The molecule has 1 aromatic carbocycles. The molecule has 3 nitrogen and oxygen atoms in total. The predicted octanol–water partition coefficient (Wildman–Crippen LogP) is 3.47. The van der Waals surface area contributed by atoms with Gasteiger partial charge in [-0.25, -0.2) is 8.42 Å². The maximum Gasteiger partial charge on any atom is 0.180 e. The van der Waals surface area contributed by atoms with Crippen LogP contribution < -0.4 is 5.32 Å². The molecule has 0 aromatic heterocycles. The fourth-order valence-corrected chi connectivity index (χ4v) is 5.36. The minimum absolute atomic E-state index is 0.225. The topological polar surface area (TPSA) is 46.2 Å². The monoisotopic (exact) mass is 293 g/mol. The van der Waals surface area contributed by atoms with Crippen molar-refractivity contribution in [2.24, 2.45) is 11.8 Å². The lowest BCUT2D eigenvalue weighted by Gasteiger charge is -2.25. The minimum atomic E-state index is -3.16. The molecule has 3 unspecified atom stereocenters. The lowest BCUT2D eigenvalue weighted by Crippen LogP contribution is -2.26. The van der Waals surface area contributed by atoms with Crippen LogP contribution in [0.5, 0.6) is 0 Å². The van der Waals surface area contributed by atoms with Crippen molar-refractivity contribution in [3.8, 4) is 0 Å². The van der Waals surface area contributed by atoms with E-state index < -0.39 is 9.84 Å². The van der Waals surface area contributed by atoms with Crippen molar-refractivity contribution in [3.05, 3.63) is 24.3 Å². The molecule has 0 saturated heterocycles. The molecule has 110 valence electrons. The summed E-state index contributed by atoms with van der Waals surface area (Å²) in [6.07, 6.45) is 5.84. The van der Waals surface area contributed by atoms with E-state index in [1.807, 2.05) is 25.1 Å². The number of benzene rings is 1. The molecule has 1 N–H and O–H groups in total. The second-order valence-corrected chi connectivity index (χ2v) is 8.32. The van der Waals surface area contributed by atoms with E-state index in [0.29, 0.717) is 17.4 Å². The van der Waals surface area contributed by atoms with Crippen LogP contribution in [0.4, 0.5) is 5.69 Å². The van der Waals surface area contributed by atoms with Crippen LogP contribution in [0.3, 0.4) is 0 Å². The first-order valence-electron chi connectivity index (χ1n) is 7.68. The Bertz CT molecular complexity index is 582. The molecule has 0 amide bonds. The van der Waals surface area contributed by atoms with E-state index in [1.54, 1.807) is 6.07 Å². The second-order valence-electron chi connectivity index (χ2n) is 6.24. The van der Waals surface area contributed by atoms with E-state index >= 15 is 0 Å². The smallest absolute Gasteiger partial charge is 0.180 e. The van der Waals surface area contributed by atoms with Crippen LogP contribution in [-0.2, 0) is 9.84 Å². The number of anilines is 1. The van der Waals surface area contributed by atoms with E-state index in [0.717, 1.165) is 17.5 Å². The van der Waals surface area contributed by atoms with Crippen molar-refractivity contribution >= 4 is 15.5 Å². The Morgan fingerprint density at radius 3 is 2.65 bits per heavy atom. The summed E-state index contributed by atoms with van der Waals surface area (Å²) >= 11 is 0. The highest BCUT2D eigenvalue weighted by Gasteiger charge is 2.39. The Morgan fingerprint density at radius 1 is 1.20 bits per heavy atom. The fraction of sp³-hybridized carbons (Fsp3) is 0.625. The van der Waals surface area contributed by atoms with Gasteiger partial charge in [0.25, 0.3) is 0 Å². The summed E-state index contributed by atoms with van der Waals surface area (Å²) in [6, 6.07) is 7.84. The van der Waals surface area contributed by atoms with Gasteiger partial charge in [-0.15, -0.1) is 0 Å². The van der Waals surface area contributed by atoms with Gasteiger partial charge < -0.3 is 5.32 Å². The minimum Gasteiger partial charge on any atom is -0.381 e. The van der Waals surface area contributed by atoms with Crippen molar-refractivity contribution in [2.45, 2.75) is 50.0 Å². The molecule has 0 aliphatic heterocycles. The normalized spacial score (nSPS) is 28.8. The molecule has 0 spiro atoms. The number of hydrogen-bond acceptors (Lipinski definition) is 3. The standard InChI is InChI=1S/C16H23NO2S/c1-2-9-20(18,19)16-6-4-3-5-14(16)17-15-11-12-7-8-13(15)10-12/h3-6,12-13,15,17H,2,7-11H2,1H3. The van der Waals surface area contributed by atoms with Gasteiger partial charge in [0.1, 0.15) is 0 Å². The van der Waals surface area contributed by atoms with Gasteiger partial charge in [-0.2, -0.15) is 0 Å². The Hall–Kier alpha value is -1.03. The largest absolute Gasteiger partial charge is 0.381 e. The summed E-state index contributed by atoms with van der Waals surface area (Å²) in [5, 5.41) is 3.53. The van der Waals surface area contributed by atoms with Gasteiger partial charge in [0.05, 0.1) is 16.3 Å². The molecule has 3 atom stereocenters. The van der Waals surface area contributed by atoms with E-state index in [1.165, 1.54) is 25.7 Å². The molecule has 2 bridgehead atoms. The third-order valence-corrected chi connectivity index (χ3v) is 6.75. The number of hydrogen-bond donors (Lipinski definition) is 1. The summed E-state index contributed by atoms with van der Waals surface area (Å²) < 4.78 is 24.7. The molecule has 1 aromatic rings. The lowest BCUT2D eigenvalue weighted by atomic mass is 9.95. The van der Waals surface area contributed by atoms with E-state index in [4.69, 9.17) is 0 Å². The van der Waals surface area contributed by atoms with Crippen molar-refractivity contribution in [1.82, 2.24) is 0 Å². The molecule has 0 radical (unpaired) electrons. The summed E-state index contributed by atoms with van der Waals surface area (Å²) in [7, 11) is -3.16. The Balaban J connectivity index is 1.83. The molecule has 2 aliphatic carbocycles. The average Bonchev–Trinajstić information content (AvgIpc) is 3.01. The first-order valence-corrected chi connectivity index (χ1v) is 9.33. The van der Waals surface area contributed by atoms with Crippen molar-refractivity contribution in [1.29, 1.82) is 0 Å². The number of sulfone groups is 1. The van der Waals surface area contributed by atoms with Crippen molar-refractivity contribution in [2.75, 3.05) is 11.1 Å². The fourth-order valence-electron chi connectivity index (χ4n) is 3.86. The van der Waals surface area contributed by atoms with E-state index in [9.17, 15) is 8.42 Å². The van der Waals surface area contributed by atoms with Crippen molar-refractivity contribution < 1.29 is 8.42 Å². The quantitative estimate of drug-likeness (QED) is 0.904. The molecular formula is C16H23NO2S. The van der Waals surface area contributed by atoms with Gasteiger partial charge in [-0.05, 0) is 49.7 Å². The summed E-state index contributed by atoms with van der Waals surface area (Å²) in [5.41, 5.74) is 0.804. The molecule has 20 heavy (non-hydrogen) atoms. The van der Waals surface area contributed by atoms with Gasteiger partial charge >= 0.3 is 0 Å². The van der Waals surface area contributed by atoms with Gasteiger partial charge in [0.2, 0.25) is 0 Å². The van der Waals surface area contributed by atoms with E-state index in [2.05, 4.69) is 5.32 Å². The van der Waals surface area contributed by atoms with Gasteiger partial charge in [-0.3, -0.25) is 0 Å². The molecule has 2 aliphatic rings. The molecule has 0 heterocycles. The summed E-state index contributed by atoms with van der Waals surface area (Å²) in [6.45, 7) is 1.91. The van der Waals surface area contributed by atoms with E-state index in [-0.39, 0.29) is 5.75 Å². The highest BCUT2D eigenvalue weighted by atomic mass is 32.2. The highest BCUT2D eigenvalue weighted by Crippen LogP contribution is 2.45. The predicted molar refractivity (Wildman–Crippen MR) is 81.6 cm³/mol. The van der Waals surface area contributed by atoms with Crippen LogP contribution in [0.15, 0.2) is 29.2 Å². The van der Waals surface area contributed by atoms with Crippen LogP contribution in [0.25, 0.3) is 0 Å². The maximum atomic E-state index is 12.3. The van der Waals surface area contributed by atoms with Gasteiger partial charge in [0, 0.05) is 6.04 Å². The molecule has 3 rings (SSSR count). The molecule has 2 fully saturated rings. The number of nitrogens with one attached hydrogen (secondary N) is 1. The Labute approximate surface area is 121 Å². The van der Waals surface area contributed by atoms with Gasteiger partial charge in [0.15, 0.2) is 9.84 Å². The second kappa shape index (κ2) is 5.40. The van der Waals surface area contributed by atoms with Crippen LogP contribution in [-0.4, -0.2) is 20.2 Å². The van der Waals surface area contributed by atoms with Crippen LogP contribution in [0.1, 0.15) is 39.0 Å².